The predicted octanol–water partition coefficient (Wildman–Crippen LogP) is 1.31. The average Bonchev–Trinajstić information content (AvgIpc) is 1.94. The number of nitrogens with zero attached hydrogens (tertiary/aromatic N) is 3. The normalized spacial score (nSPS) is 8.90. The molecule has 1 aromatic rings. The lowest BCUT2D eigenvalue weighted by Crippen LogP contribution is -1.90. The molecule has 0 aliphatic heterocycles. The molecular formula is C6H4ClN3. The van der Waals surface area contributed by atoms with Crippen molar-refractivity contribution in [2.45, 2.75) is 6.92 Å². The first kappa shape index (κ1) is 6.97. The zero-order chi connectivity index (χ0) is 7.56. The molecule has 3 nitrogen and oxygen atoms in total. The molecule has 10 heavy (non-hydrogen) atoms. The molecule has 1 rings (SSSR count). The van der Waals surface area contributed by atoms with Crippen LogP contribution in [0.5, 0.6) is 0 Å². The highest BCUT2D eigenvalue weighted by molar-refractivity contribution is 6.31. The van der Waals surface area contributed by atoms with Gasteiger partial charge in [-0.2, -0.15) is 5.26 Å². The number of aromatic nitrogens is 2. The first-order chi connectivity index (χ1) is 4.74. The Bertz CT molecular complexity index is 290. The highest BCUT2D eigenvalue weighted by atomic mass is 35.5. The Morgan fingerprint density at radius 2 is 2.40 bits per heavy atom. The van der Waals surface area contributed by atoms with Crippen molar-refractivity contribution >= 4 is 11.6 Å². The summed E-state index contributed by atoms with van der Waals surface area (Å²) in [7, 11) is 0. The Morgan fingerprint density at radius 1 is 1.70 bits per heavy atom. The van der Waals surface area contributed by atoms with Gasteiger partial charge < -0.3 is 0 Å². The van der Waals surface area contributed by atoms with Crippen LogP contribution in [-0.4, -0.2) is 9.97 Å². The SMILES string of the molecule is Cc1ncc(Cl)c(C#N)n1. The van der Waals surface area contributed by atoms with Gasteiger partial charge in [-0.1, -0.05) is 11.6 Å². The number of hydrogen-bond donors (Lipinski definition) is 0. The lowest BCUT2D eigenvalue weighted by atomic mass is 10.4. The van der Waals surface area contributed by atoms with Gasteiger partial charge in [-0.3, -0.25) is 0 Å². The molecule has 0 aromatic carbocycles. The van der Waals surface area contributed by atoms with Crippen LogP contribution in [0.15, 0.2) is 6.20 Å². The summed E-state index contributed by atoms with van der Waals surface area (Å²) in [6, 6.07) is 1.85. The van der Waals surface area contributed by atoms with Gasteiger partial charge in [0.2, 0.25) is 0 Å². The zero-order valence-corrected chi connectivity index (χ0v) is 6.05. The van der Waals surface area contributed by atoms with Crippen LogP contribution < -0.4 is 0 Å². The van der Waals surface area contributed by atoms with Crippen molar-refractivity contribution in [2.75, 3.05) is 0 Å². The fraction of sp³-hybridized carbons (Fsp3) is 0.167. The van der Waals surface area contributed by atoms with Crippen molar-refractivity contribution in [1.82, 2.24) is 9.97 Å². The second-order valence-corrected chi connectivity index (χ2v) is 2.13. The molecule has 4 heteroatoms. The Balaban J connectivity index is 3.25. The van der Waals surface area contributed by atoms with E-state index in [0.717, 1.165) is 0 Å². The van der Waals surface area contributed by atoms with Crippen molar-refractivity contribution in [1.29, 1.82) is 5.26 Å². The molecule has 0 unspecified atom stereocenters. The monoisotopic (exact) mass is 153 g/mol. The minimum atomic E-state index is 0.231. The summed E-state index contributed by atoms with van der Waals surface area (Å²) in [4.78, 5) is 7.58. The number of halogens is 1. The molecule has 0 aliphatic rings. The van der Waals surface area contributed by atoms with Gasteiger partial charge in [0, 0.05) is 0 Å². The molecule has 1 aromatic heterocycles. The lowest BCUT2D eigenvalue weighted by molar-refractivity contribution is 1.04. The first-order valence-corrected chi connectivity index (χ1v) is 3.01. The number of aryl methyl sites for hydroxylation is 1. The summed E-state index contributed by atoms with van der Waals surface area (Å²) >= 11 is 5.55. The van der Waals surface area contributed by atoms with Gasteiger partial charge in [0.05, 0.1) is 11.2 Å². The second kappa shape index (κ2) is 2.63. The van der Waals surface area contributed by atoms with Crippen LogP contribution in [-0.2, 0) is 0 Å². The molecule has 0 bridgehead atoms. The van der Waals surface area contributed by atoms with E-state index < -0.39 is 0 Å². The second-order valence-electron chi connectivity index (χ2n) is 1.73. The number of rotatable bonds is 0. The van der Waals surface area contributed by atoms with Gasteiger partial charge in [0.15, 0.2) is 5.69 Å². The highest BCUT2D eigenvalue weighted by Crippen LogP contribution is 2.09. The fourth-order valence-corrected chi connectivity index (χ4v) is 0.667. The Morgan fingerprint density at radius 3 is 2.90 bits per heavy atom. The molecule has 0 spiro atoms. The van der Waals surface area contributed by atoms with Crippen molar-refractivity contribution in [3.05, 3.63) is 22.7 Å². The summed E-state index contributed by atoms with van der Waals surface area (Å²) < 4.78 is 0. The van der Waals surface area contributed by atoms with Crippen LogP contribution in [0.1, 0.15) is 11.5 Å². The maximum atomic E-state index is 8.42. The first-order valence-electron chi connectivity index (χ1n) is 2.63. The molecule has 1 heterocycles. The van der Waals surface area contributed by atoms with Crippen LogP contribution >= 0.6 is 11.6 Å². The standard InChI is InChI=1S/C6H4ClN3/c1-4-9-3-5(7)6(2-8)10-4/h3H,1H3. The molecule has 0 N–H and O–H groups in total. The van der Waals surface area contributed by atoms with Crippen LogP contribution in [0.2, 0.25) is 5.02 Å². The van der Waals surface area contributed by atoms with Crippen LogP contribution in [0.4, 0.5) is 0 Å². The van der Waals surface area contributed by atoms with Gasteiger partial charge in [-0.15, -0.1) is 0 Å². The molecule has 0 amide bonds. The maximum Gasteiger partial charge on any atom is 0.162 e. The van der Waals surface area contributed by atoms with Gasteiger partial charge in [0.25, 0.3) is 0 Å². The minimum Gasteiger partial charge on any atom is -0.240 e. The third-order valence-electron chi connectivity index (χ3n) is 0.970. The van der Waals surface area contributed by atoms with E-state index in [1.807, 2.05) is 6.07 Å². The quantitative estimate of drug-likeness (QED) is 0.565. The molecule has 0 saturated carbocycles. The summed E-state index contributed by atoms with van der Waals surface area (Å²) in [5.41, 5.74) is 0.231. The van der Waals surface area contributed by atoms with E-state index in [4.69, 9.17) is 16.9 Å². The van der Waals surface area contributed by atoms with Crippen LogP contribution in [0.25, 0.3) is 0 Å². The molecule has 0 atom stereocenters. The molecule has 0 aliphatic carbocycles. The Labute approximate surface area is 63.3 Å². The summed E-state index contributed by atoms with van der Waals surface area (Å²) in [6.07, 6.45) is 1.42. The van der Waals surface area contributed by atoms with E-state index >= 15 is 0 Å². The van der Waals surface area contributed by atoms with E-state index in [0.29, 0.717) is 10.8 Å². The predicted molar refractivity (Wildman–Crippen MR) is 36.5 cm³/mol. The third kappa shape index (κ3) is 1.23. The Hall–Kier alpha value is -1.14. The third-order valence-corrected chi connectivity index (χ3v) is 1.25. The molecule has 50 valence electrons. The van der Waals surface area contributed by atoms with Crippen molar-refractivity contribution in [3.63, 3.8) is 0 Å². The largest absolute Gasteiger partial charge is 0.240 e. The molecule has 0 fully saturated rings. The zero-order valence-electron chi connectivity index (χ0n) is 5.30. The number of hydrogen-bond acceptors (Lipinski definition) is 3. The van der Waals surface area contributed by atoms with E-state index in [2.05, 4.69) is 9.97 Å². The summed E-state index contributed by atoms with van der Waals surface area (Å²) in [5.74, 6) is 0.556. The van der Waals surface area contributed by atoms with E-state index in [1.54, 1.807) is 6.92 Å². The van der Waals surface area contributed by atoms with Gasteiger partial charge in [-0.25, -0.2) is 9.97 Å². The maximum absolute atomic E-state index is 8.42. The topological polar surface area (TPSA) is 49.6 Å². The lowest BCUT2D eigenvalue weighted by Gasteiger charge is -1.92. The molecular weight excluding hydrogens is 150 g/mol. The van der Waals surface area contributed by atoms with Crippen molar-refractivity contribution in [2.24, 2.45) is 0 Å². The van der Waals surface area contributed by atoms with Gasteiger partial charge >= 0.3 is 0 Å². The van der Waals surface area contributed by atoms with Gasteiger partial charge in [-0.05, 0) is 6.92 Å². The summed E-state index contributed by atoms with van der Waals surface area (Å²) in [6.45, 7) is 1.71. The summed E-state index contributed by atoms with van der Waals surface area (Å²) in [5, 5.41) is 8.72. The van der Waals surface area contributed by atoms with Crippen LogP contribution in [0.3, 0.4) is 0 Å². The molecule has 0 saturated heterocycles. The van der Waals surface area contributed by atoms with E-state index in [-0.39, 0.29) is 5.69 Å². The Kier molecular flexibility index (Phi) is 1.83. The fourth-order valence-electron chi connectivity index (χ4n) is 0.534. The molecule has 0 radical (unpaired) electrons. The highest BCUT2D eigenvalue weighted by Gasteiger charge is 1.99. The van der Waals surface area contributed by atoms with E-state index in [1.165, 1.54) is 6.20 Å². The van der Waals surface area contributed by atoms with Crippen LogP contribution in [0, 0.1) is 18.3 Å². The van der Waals surface area contributed by atoms with Crippen molar-refractivity contribution < 1.29 is 0 Å². The van der Waals surface area contributed by atoms with Crippen molar-refractivity contribution in [3.8, 4) is 6.07 Å². The smallest absolute Gasteiger partial charge is 0.162 e. The van der Waals surface area contributed by atoms with Gasteiger partial charge in [0.1, 0.15) is 11.9 Å². The minimum absolute atomic E-state index is 0.231. The van der Waals surface area contributed by atoms with E-state index in [9.17, 15) is 0 Å². The number of nitriles is 1. The average molecular weight is 154 g/mol.